The molecule has 10 heteroatoms. The zero-order valence-electron chi connectivity index (χ0n) is 20.7. The summed E-state index contributed by atoms with van der Waals surface area (Å²) in [6.07, 6.45) is 2.14. The molecule has 0 aliphatic heterocycles. The van der Waals surface area contributed by atoms with Gasteiger partial charge in [0.15, 0.2) is 0 Å². The first-order valence-corrected chi connectivity index (χ1v) is 14.1. The lowest BCUT2D eigenvalue weighted by Crippen LogP contribution is -2.53. The lowest BCUT2D eigenvalue weighted by Gasteiger charge is -2.33. The Hall–Kier alpha value is -2.29. The summed E-state index contributed by atoms with van der Waals surface area (Å²) in [6.45, 7) is 7.06. The van der Waals surface area contributed by atoms with Crippen LogP contribution in [0.15, 0.2) is 42.5 Å². The number of hydrogen-bond acceptors (Lipinski definition) is 4. The molecule has 0 aliphatic carbocycles. The number of carbonyl (C=O) groups is 2. The van der Waals surface area contributed by atoms with Crippen LogP contribution in [0.3, 0.4) is 0 Å². The Morgan fingerprint density at radius 1 is 1.00 bits per heavy atom. The minimum Gasteiger partial charge on any atom is -0.352 e. The fourth-order valence-corrected chi connectivity index (χ4v) is 4.78. The molecule has 0 radical (unpaired) electrons. The fourth-order valence-electron chi connectivity index (χ4n) is 3.59. The number of nitrogens with zero attached hydrogens (tertiary/aromatic N) is 2. The van der Waals surface area contributed by atoms with E-state index in [0.717, 1.165) is 22.5 Å². The molecule has 0 spiro atoms. The lowest BCUT2D eigenvalue weighted by atomic mass is 10.1. The number of carbonyl (C=O) groups excluding carboxylic acids is 2. The van der Waals surface area contributed by atoms with E-state index in [-0.39, 0.29) is 18.5 Å². The van der Waals surface area contributed by atoms with Crippen LogP contribution in [-0.2, 0) is 26.2 Å². The van der Waals surface area contributed by atoms with Crippen LogP contribution >= 0.6 is 23.2 Å². The van der Waals surface area contributed by atoms with Crippen LogP contribution in [-0.4, -0.2) is 50.0 Å². The molecule has 0 unspecified atom stereocenters. The lowest BCUT2D eigenvalue weighted by molar-refractivity contribution is -0.140. The van der Waals surface area contributed by atoms with Gasteiger partial charge in [0.1, 0.15) is 12.6 Å². The molecular weight excluding hydrogens is 509 g/mol. The van der Waals surface area contributed by atoms with E-state index in [2.05, 4.69) is 5.32 Å². The maximum atomic E-state index is 13.7. The number of aryl methyl sites for hydroxylation is 1. The highest BCUT2D eigenvalue weighted by Crippen LogP contribution is 2.27. The van der Waals surface area contributed by atoms with Gasteiger partial charge in [0, 0.05) is 22.6 Å². The number of sulfonamides is 1. The van der Waals surface area contributed by atoms with Crippen molar-refractivity contribution in [2.45, 2.75) is 59.2 Å². The summed E-state index contributed by atoms with van der Waals surface area (Å²) in [5.41, 5.74) is 1.73. The number of nitrogens with one attached hydrogen (secondary N) is 1. The standard InChI is InChI=1S/C25H33Cl2N3O4S/c1-6-18(4)28-25(32)22(7-2)29(15-19-9-12-20(26)13-10-19)24(31)16-30(35(5,33)34)23-14-21(27)11-8-17(23)3/h8-14,18,22H,6-7,15-16H2,1-5H3,(H,28,32)/t18-,22-/m0/s1. The van der Waals surface area contributed by atoms with Gasteiger partial charge in [-0.3, -0.25) is 13.9 Å². The van der Waals surface area contributed by atoms with Crippen molar-refractivity contribution >= 4 is 50.7 Å². The molecule has 7 nitrogen and oxygen atoms in total. The highest BCUT2D eigenvalue weighted by molar-refractivity contribution is 7.92. The van der Waals surface area contributed by atoms with Crippen molar-refractivity contribution in [3.05, 3.63) is 63.6 Å². The summed E-state index contributed by atoms with van der Waals surface area (Å²) in [4.78, 5) is 28.2. The van der Waals surface area contributed by atoms with Gasteiger partial charge in [-0.2, -0.15) is 0 Å². The van der Waals surface area contributed by atoms with Crippen LogP contribution in [0.5, 0.6) is 0 Å². The van der Waals surface area contributed by atoms with Gasteiger partial charge in [0.2, 0.25) is 21.8 Å². The van der Waals surface area contributed by atoms with E-state index >= 15 is 0 Å². The first-order chi connectivity index (χ1) is 16.4. The molecule has 2 aromatic carbocycles. The maximum Gasteiger partial charge on any atom is 0.244 e. The summed E-state index contributed by atoms with van der Waals surface area (Å²) in [7, 11) is -3.83. The summed E-state index contributed by atoms with van der Waals surface area (Å²) >= 11 is 12.1. The Morgan fingerprint density at radius 2 is 1.60 bits per heavy atom. The van der Waals surface area contributed by atoms with Crippen LogP contribution in [0.4, 0.5) is 5.69 Å². The Balaban J connectivity index is 2.47. The monoisotopic (exact) mass is 541 g/mol. The Kier molecular flexibility index (Phi) is 10.4. The molecule has 0 heterocycles. The number of benzene rings is 2. The second kappa shape index (κ2) is 12.6. The third-order valence-corrected chi connectivity index (χ3v) is 7.39. The van der Waals surface area contributed by atoms with Crippen molar-refractivity contribution in [3.8, 4) is 0 Å². The highest BCUT2D eigenvalue weighted by Gasteiger charge is 2.32. The molecule has 0 aliphatic rings. The van der Waals surface area contributed by atoms with Crippen molar-refractivity contribution in [2.24, 2.45) is 0 Å². The van der Waals surface area contributed by atoms with Gasteiger partial charge in [0.25, 0.3) is 0 Å². The predicted octanol–water partition coefficient (Wildman–Crippen LogP) is 4.79. The van der Waals surface area contributed by atoms with Crippen molar-refractivity contribution in [2.75, 3.05) is 17.1 Å². The molecular formula is C25H33Cl2N3O4S. The molecule has 2 amide bonds. The SMILES string of the molecule is CC[C@H](C)NC(=O)[C@H](CC)N(Cc1ccc(Cl)cc1)C(=O)CN(c1cc(Cl)ccc1C)S(C)(=O)=O. The number of halogens is 2. The minimum atomic E-state index is -3.83. The molecule has 2 aromatic rings. The second-order valence-corrected chi connectivity index (χ2v) is 11.4. The van der Waals surface area contributed by atoms with E-state index in [1.165, 1.54) is 11.0 Å². The van der Waals surface area contributed by atoms with Crippen LogP contribution < -0.4 is 9.62 Å². The smallest absolute Gasteiger partial charge is 0.244 e. The molecule has 35 heavy (non-hydrogen) atoms. The van der Waals surface area contributed by atoms with E-state index in [1.807, 2.05) is 20.8 Å². The third-order valence-electron chi connectivity index (χ3n) is 5.77. The molecule has 0 saturated carbocycles. The van der Waals surface area contributed by atoms with Gasteiger partial charge >= 0.3 is 0 Å². The van der Waals surface area contributed by atoms with Gasteiger partial charge in [-0.1, -0.05) is 55.2 Å². The summed E-state index contributed by atoms with van der Waals surface area (Å²) < 4.78 is 26.5. The Bertz CT molecular complexity index is 1140. The van der Waals surface area contributed by atoms with Crippen molar-refractivity contribution in [1.29, 1.82) is 0 Å². The molecule has 0 saturated heterocycles. The fraction of sp³-hybridized carbons (Fsp3) is 0.440. The second-order valence-electron chi connectivity index (χ2n) is 8.59. The minimum absolute atomic E-state index is 0.0642. The van der Waals surface area contributed by atoms with Gasteiger partial charge in [-0.15, -0.1) is 0 Å². The zero-order chi connectivity index (χ0) is 26.3. The first-order valence-electron chi connectivity index (χ1n) is 11.5. The number of anilines is 1. The van der Waals surface area contributed by atoms with Crippen LogP contribution in [0.1, 0.15) is 44.7 Å². The molecule has 2 rings (SSSR count). The van der Waals surface area contributed by atoms with Crippen molar-refractivity contribution in [3.63, 3.8) is 0 Å². The largest absolute Gasteiger partial charge is 0.352 e. The average molecular weight is 543 g/mol. The first kappa shape index (κ1) is 28.9. The van der Waals surface area contributed by atoms with Gasteiger partial charge < -0.3 is 10.2 Å². The van der Waals surface area contributed by atoms with Crippen molar-refractivity contribution < 1.29 is 18.0 Å². The predicted molar refractivity (Wildman–Crippen MR) is 142 cm³/mol. The third kappa shape index (κ3) is 8.12. The number of hydrogen-bond donors (Lipinski definition) is 1. The molecule has 0 aromatic heterocycles. The summed E-state index contributed by atoms with van der Waals surface area (Å²) in [6, 6.07) is 11.0. The summed E-state index contributed by atoms with van der Waals surface area (Å²) in [5.74, 6) is -0.787. The molecule has 0 fully saturated rings. The van der Waals surface area contributed by atoms with E-state index in [9.17, 15) is 18.0 Å². The topological polar surface area (TPSA) is 86.8 Å². The number of amides is 2. The van der Waals surface area contributed by atoms with Crippen LogP contribution in [0, 0.1) is 6.92 Å². The molecule has 192 valence electrons. The quantitative estimate of drug-likeness (QED) is 0.443. The number of rotatable bonds is 11. The van der Waals surface area contributed by atoms with E-state index in [0.29, 0.717) is 27.7 Å². The van der Waals surface area contributed by atoms with Gasteiger partial charge in [-0.25, -0.2) is 8.42 Å². The highest BCUT2D eigenvalue weighted by atomic mass is 35.5. The van der Waals surface area contributed by atoms with Crippen LogP contribution in [0.25, 0.3) is 0 Å². The zero-order valence-corrected chi connectivity index (χ0v) is 23.0. The Morgan fingerprint density at radius 3 is 2.14 bits per heavy atom. The Labute approximate surface area is 218 Å². The molecule has 0 bridgehead atoms. The van der Waals surface area contributed by atoms with E-state index in [1.54, 1.807) is 43.3 Å². The van der Waals surface area contributed by atoms with Gasteiger partial charge in [-0.05, 0) is 62.1 Å². The maximum absolute atomic E-state index is 13.7. The average Bonchev–Trinajstić information content (AvgIpc) is 2.79. The van der Waals surface area contributed by atoms with Crippen molar-refractivity contribution in [1.82, 2.24) is 10.2 Å². The molecule has 2 atom stereocenters. The summed E-state index contributed by atoms with van der Waals surface area (Å²) in [5, 5.41) is 3.84. The molecule has 1 N–H and O–H groups in total. The van der Waals surface area contributed by atoms with E-state index < -0.39 is 28.5 Å². The van der Waals surface area contributed by atoms with Crippen LogP contribution in [0.2, 0.25) is 10.0 Å². The van der Waals surface area contributed by atoms with E-state index in [4.69, 9.17) is 23.2 Å². The van der Waals surface area contributed by atoms with Gasteiger partial charge in [0.05, 0.1) is 11.9 Å². The normalized spacial score (nSPS) is 13.1.